The fourth-order valence-corrected chi connectivity index (χ4v) is 1.98. The second-order valence-electron chi connectivity index (χ2n) is 4.31. The van der Waals surface area contributed by atoms with E-state index in [0.29, 0.717) is 15.8 Å². The number of ether oxygens (including phenoxy) is 4. The van der Waals surface area contributed by atoms with Crippen molar-refractivity contribution in [2.75, 3.05) is 26.4 Å². The van der Waals surface area contributed by atoms with Crippen molar-refractivity contribution in [1.82, 2.24) is 0 Å². The van der Waals surface area contributed by atoms with Crippen LogP contribution in [-0.2, 0) is 23.8 Å². The molecule has 0 amide bonds. The smallest absolute Gasteiger partial charge is 0.338 e. The number of hydrogen-bond acceptors (Lipinski definition) is 7. The number of esters is 3. The second kappa shape index (κ2) is 9.83. The van der Waals surface area contributed by atoms with Gasteiger partial charge in [-0.1, -0.05) is 0 Å². The second-order valence-corrected chi connectivity index (χ2v) is 5.16. The molecule has 0 aromatic heterocycles. The minimum Gasteiger partial charge on any atom is -0.489 e. The van der Waals surface area contributed by atoms with Crippen molar-refractivity contribution >= 4 is 33.8 Å². The number of halogens is 1. The molecule has 0 radical (unpaired) electrons. The average molecular weight is 389 g/mol. The number of benzene rings is 1. The van der Waals surface area contributed by atoms with Crippen molar-refractivity contribution in [3.63, 3.8) is 0 Å². The zero-order valence-electron chi connectivity index (χ0n) is 12.8. The van der Waals surface area contributed by atoms with E-state index >= 15 is 0 Å². The van der Waals surface area contributed by atoms with Gasteiger partial charge in [0.25, 0.3) is 0 Å². The minimum atomic E-state index is -0.538. The van der Waals surface area contributed by atoms with Crippen molar-refractivity contribution in [3.05, 3.63) is 28.2 Å². The molecule has 0 fully saturated rings. The van der Waals surface area contributed by atoms with Crippen LogP contribution in [0, 0.1) is 0 Å². The Bertz CT molecular complexity index is 571. The van der Waals surface area contributed by atoms with Crippen LogP contribution in [-0.4, -0.2) is 44.3 Å². The molecule has 8 heteroatoms. The van der Waals surface area contributed by atoms with Gasteiger partial charge in [-0.25, -0.2) is 4.79 Å². The first-order chi connectivity index (χ1) is 10.9. The lowest BCUT2D eigenvalue weighted by atomic mass is 10.2. The Balaban J connectivity index is 2.46. The molecular formula is C15H17BrO7. The van der Waals surface area contributed by atoms with Gasteiger partial charge in [0.2, 0.25) is 0 Å². The van der Waals surface area contributed by atoms with Gasteiger partial charge in [-0.2, -0.15) is 0 Å². The Morgan fingerprint density at radius 3 is 2.04 bits per heavy atom. The lowest BCUT2D eigenvalue weighted by Gasteiger charge is -2.10. The van der Waals surface area contributed by atoms with E-state index in [1.165, 1.54) is 13.8 Å². The molecule has 0 aliphatic carbocycles. The summed E-state index contributed by atoms with van der Waals surface area (Å²) in [5.41, 5.74) is 0.326. The van der Waals surface area contributed by atoms with Crippen LogP contribution in [0.5, 0.6) is 5.75 Å². The molecule has 0 heterocycles. The first-order valence-corrected chi connectivity index (χ1v) is 7.55. The van der Waals surface area contributed by atoms with Crippen molar-refractivity contribution in [3.8, 4) is 5.75 Å². The predicted octanol–water partition coefficient (Wildman–Crippen LogP) is 2.11. The molecule has 1 aromatic rings. The van der Waals surface area contributed by atoms with Gasteiger partial charge in [0.05, 0.1) is 10.0 Å². The van der Waals surface area contributed by atoms with Gasteiger partial charge in [0, 0.05) is 13.8 Å². The summed E-state index contributed by atoms with van der Waals surface area (Å²) in [5, 5.41) is 0. The third-order valence-corrected chi connectivity index (χ3v) is 3.06. The molecule has 0 bridgehead atoms. The normalized spacial score (nSPS) is 9.87. The maximum Gasteiger partial charge on any atom is 0.338 e. The summed E-state index contributed by atoms with van der Waals surface area (Å²) in [6.45, 7) is 2.93. The van der Waals surface area contributed by atoms with Crippen molar-refractivity contribution in [2.45, 2.75) is 13.8 Å². The van der Waals surface area contributed by atoms with Crippen molar-refractivity contribution in [2.24, 2.45) is 0 Å². The highest BCUT2D eigenvalue weighted by Gasteiger charge is 2.11. The van der Waals surface area contributed by atoms with Gasteiger partial charge in [-0.3, -0.25) is 9.59 Å². The summed E-state index contributed by atoms with van der Waals surface area (Å²) >= 11 is 3.29. The quantitative estimate of drug-likeness (QED) is 0.382. The summed E-state index contributed by atoms with van der Waals surface area (Å²) in [5.74, 6) is -0.837. The van der Waals surface area contributed by atoms with Crippen LogP contribution in [0.1, 0.15) is 24.2 Å². The lowest BCUT2D eigenvalue weighted by Crippen LogP contribution is -2.13. The van der Waals surface area contributed by atoms with Gasteiger partial charge in [-0.05, 0) is 34.1 Å². The van der Waals surface area contributed by atoms with Crippen LogP contribution < -0.4 is 4.74 Å². The molecule has 23 heavy (non-hydrogen) atoms. The SMILES string of the molecule is CC(=O)OCCOC(=O)c1ccc(OCCOC(C)=O)c(Br)c1. The lowest BCUT2D eigenvalue weighted by molar-refractivity contribution is -0.142. The Hall–Kier alpha value is -2.09. The highest BCUT2D eigenvalue weighted by Crippen LogP contribution is 2.26. The molecule has 0 unspecified atom stereocenters. The van der Waals surface area contributed by atoms with E-state index in [9.17, 15) is 14.4 Å². The molecule has 0 atom stereocenters. The Labute approximate surface area is 142 Å². The van der Waals surface area contributed by atoms with Gasteiger partial charge in [-0.15, -0.1) is 0 Å². The van der Waals surface area contributed by atoms with Crippen molar-refractivity contribution < 1.29 is 33.3 Å². The van der Waals surface area contributed by atoms with E-state index in [1.54, 1.807) is 18.2 Å². The number of rotatable bonds is 8. The molecule has 126 valence electrons. The third-order valence-electron chi connectivity index (χ3n) is 2.44. The van der Waals surface area contributed by atoms with Crippen molar-refractivity contribution in [1.29, 1.82) is 0 Å². The maximum absolute atomic E-state index is 11.8. The Morgan fingerprint density at radius 1 is 0.913 bits per heavy atom. The first-order valence-electron chi connectivity index (χ1n) is 6.76. The standard InChI is InChI=1S/C15H17BrO7/c1-10(17)20-5-7-22-14-4-3-12(9-13(14)16)15(19)23-8-6-21-11(2)18/h3-4,9H,5-8H2,1-2H3. The van der Waals surface area contributed by atoms with Gasteiger partial charge in [0.15, 0.2) is 0 Å². The molecule has 0 N–H and O–H groups in total. The zero-order chi connectivity index (χ0) is 17.2. The fourth-order valence-electron chi connectivity index (χ4n) is 1.48. The van der Waals surface area contributed by atoms with Gasteiger partial charge in [0.1, 0.15) is 32.2 Å². The summed E-state index contributed by atoms with van der Waals surface area (Å²) in [6, 6.07) is 4.69. The zero-order valence-corrected chi connectivity index (χ0v) is 14.4. The summed E-state index contributed by atoms with van der Waals surface area (Å²) < 4.78 is 20.4. The summed E-state index contributed by atoms with van der Waals surface area (Å²) in [7, 11) is 0. The molecule has 0 saturated heterocycles. The largest absolute Gasteiger partial charge is 0.489 e. The highest BCUT2D eigenvalue weighted by atomic mass is 79.9. The van der Waals surface area contributed by atoms with Gasteiger partial charge >= 0.3 is 17.9 Å². The van der Waals surface area contributed by atoms with E-state index < -0.39 is 11.9 Å². The van der Waals surface area contributed by atoms with E-state index in [2.05, 4.69) is 20.7 Å². The summed E-state index contributed by atoms with van der Waals surface area (Å²) in [6.07, 6.45) is 0. The number of hydrogen-bond donors (Lipinski definition) is 0. The van der Waals surface area contributed by atoms with Crippen LogP contribution in [0.3, 0.4) is 0 Å². The molecule has 0 aliphatic heterocycles. The highest BCUT2D eigenvalue weighted by molar-refractivity contribution is 9.10. The van der Waals surface area contributed by atoms with E-state index in [0.717, 1.165) is 0 Å². The van der Waals surface area contributed by atoms with E-state index in [-0.39, 0.29) is 32.4 Å². The topological polar surface area (TPSA) is 88.1 Å². The molecule has 1 aromatic carbocycles. The molecule has 1 rings (SSSR count). The monoisotopic (exact) mass is 388 g/mol. The Kier molecular flexibility index (Phi) is 8.10. The average Bonchev–Trinajstić information content (AvgIpc) is 2.48. The molecule has 7 nitrogen and oxygen atoms in total. The maximum atomic E-state index is 11.8. The van der Waals surface area contributed by atoms with E-state index in [4.69, 9.17) is 14.2 Å². The molecule has 0 spiro atoms. The van der Waals surface area contributed by atoms with Crippen LogP contribution in [0.4, 0.5) is 0 Å². The molecular weight excluding hydrogens is 372 g/mol. The number of carbonyl (C=O) groups excluding carboxylic acids is 3. The van der Waals surface area contributed by atoms with Gasteiger partial charge < -0.3 is 18.9 Å². The van der Waals surface area contributed by atoms with E-state index in [1.807, 2.05) is 0 Å². The van der Waals surface area contributed by atoms with Crippen LogP contribution in [0.15, 0.2) is 22.7 Å². The fraction of sp³-hybridized carbons (Fsp3) is 0.400. The minimum absolute atomic E-state index is 0.0135. The Morgan fingerprint density at radius 2 is 1.48 bits per heavy atom. The predicted molar refractivity (Wildman–Crippen MR) is 83.2 cm³/mol. The number of carbonyl (C=O) groups is 3. The van der Waals surface area contributed by atoms with Crippen LogP contribution in [0.25, 0.3) is 0 Å². The summed E-state index contributed by atoms with van der Waals surface area (Å²) in [4.78, 5) is 33.0. The molecule has 0 aliphatic rings. The first kappa shape index (κ1) is 19.0. The molecule has 0 saturated carbocycles. The third kappa shape index (κ3) is 7.64. The van der Waals surface area contributed by atoms with Crippen LogP contribution in [0.2, 0.25) is 0 Å². The van der Waals surface area contributed by atoms with Crippen LogP contribution >= 0.6 is 15.9 Å².